The number of nitrogens with one attached hydrogen (secondary N) is 1. The highest BCUT2D eigenvalue weighted by molar-refractivity contribution is 5.93. The van der Waals surface area contributed by atoms with Crippen LogP contribution in [0, 0.1) is 6.92 Å². The zero-order valence-electron chi connectivity index (χ0n) is 7.29. The molecule has 2 rings (SSSR count). The van der Waals surface area contributed by atoms with Gasteiger partial charge in [-0.15, -0.1) is 0 Å². The van der Waals surface area contributed by atoms with Gasteiger partial charge < -0.3 is 10.7 Å². The van der Waals surface area contributed by atoms with Crippen molar-refractivity contribution in [2.75, 3.05) is 5.73 Å². The van der Waals surface area contributed by atoms with E-state index in [0.29, 0.717) is 11.4 Å². The van der Waals surface area contributed by atoms with Crippen molar-refractivity contribution in [3.63, 3.8) is 0 Å². The molecular formula is C10H10N2O. The second-order valence-corrected chi connectivity index (χ2v) is 3.09. The van der Waals surface area contributed by atoms with Crippen molar-refractivity contribution in [1.82, 2.24) is 4.98 Å². The van der Waals surface area contributed by atoms with Crippen LogP contribution in [0.3, 0.4) is 0 Å². The minimum Gasteiger partial charge on any atom is -0.399 e. The molecule has 66 valence electrons. The van der Waals surface area contributed by atoms with Crippen LogP contribution in [0.1, 0.15) is 16.1 Å². The van der Waals surface area contributed by atoms with Crippen LogP contribution in [0.25, 0.3) is 10.9 Å². The van der Waals surface area contributed by atoms with Crippen LogP contribution in [-0.4, -0.2) is 11.3 Å². The Balaban J connectivity index is 2.83. The normalized spacial score (nSPS) is 10.5. The Morgan fingerprint density at radius 3 is 2.92 bits per heavy atom. The summed E-state index contributed by atoms with van der Waals surface area (Å²) in [6.07, 6.45) is 0.825. The first-order valence-corrected chi connectivity index (χ1v) is 4.05. The highest BCUT2D eigenvalue weighted by Crippen LogP contribution is 2.22. The third kappa shape index (κ3) is 1.09. The Labute approximate surface area is 75.6 Å². The van der Waals surface area contributed by atoms with Crippen molar-refractivity contribution in [1.29, 1.82) is 0 Å². The Bertz CT molecular complexity index is 471. The number of aldehydes is 1. The van der Waals surface area contributed by atoms with Crippen molar-refractivity contribution in [3.8, 4) is 0 Å². The topological polar surface area (TPSA) is 58.9 Å². The van der Waals surface area contributed by atoms with Crippen LogP contribution < -0.4 is 5.73 Å². The number of hydrogen-bond acceptors (Lipinski definition) is 2. The number of fused-ring (bicyclic) bond motifs is 1. The van der Waals surface area contributed by atoms with Gasteiger partial charge in [0.05, 0.1) is 5.69 Å². The molecule has 3 nitrogen and oxygen atoms in total. The van der Waals surface area contributed by atoms with Crippen LogP contribution in [0.2, 0.25) is 0 Å². The molecule has 0 atom stereocenters. The molecule has 0 saturated carbocycles. The van der Waals surface area contributed by atoms with Crippen molar-refractivity contribution in [3.05, 3.63) is 29.5 Å². The van der Waals surface area contributed by atoms with Gasteiger partial charge in [-0.2, -0.15) is 0 Å². The molecule has 1 aromatic heterocycles. The SMILES string of the molecule is Cc1c(C=O)[nH]c2cc(N)ccc12. The second-order valence-electron chi connectivity index (χ2n) is 3.09. The lowest BCUT2D eigenvalue weighted by atomic mass is 10.1. The first kappa shape index (κ1) is 7.86. The monoisotopic (exact) mass is 174 g/mol. The van der Waals surface area contributed by atoms with E-state index in [9.17, 15) is 4.79 Å². The van der Waals surface area contributed by atoms with E-state index in [2.05, 4.69) is 4.98 Å². The third-order valence-corrected chi connectivity index (χ3v) is 2.24. The molecule has 1 heterocycles. The molecule has 0 radical (unpaired) electrons. The molecule has 0 fully saturated rings. The minimum atomic E-state index is 0.626. The van der Waals surface area contributed by atoms with Gasteiger partial charge in [0.25, 0.3) is 0 Å². The smallest absolute Gasteiger partial charge is 0.166 e. The first-order chi connectivity index (χ1) is 6.22. The van der Waals surface area contributed by atoms with E-state index in [1.807, 2.05) is 25.1 Å². The van der Waals surface area contributed by atoms with E-state index >= 15 is 0 Å². The maximum Gasteiger partial charge on any atom is 0.166 e. The molecule has 0 bridgehead atoms. The van der Waals surface area contributed by atoms with Crippen molar-refractivity contribution >= 4 is 22.9 Å². The summed E-state index contributed by atoms with van der Waals surface area (Å²) < 4.78 is 0. The molecule has 0 aliphatic heterocycles. The number of aromatic amines is 1. The number of benzene rings is 1. The summed E-state index contributed by atoms with van der Waals surface area (Å²) in [5, 5.41) is 1.05. The van der Waals surface area contributed by atoms with Gasteiger partial charge in [-0.3, -0.25) is 4.79 Å². The van der Waals surface area contributed by atoms with Gasteiger partial charge >= 0.3 is 0 Å². The fourth-order valence-corrected chi connectivity index (χ4v) is 1.49. The molecule has 13 heavy (non-hydrogen) atoms. The van der Waals surface area contributed by atoms with E-state index < -0.39 is 0 Å². The Kier molecular flexibility index (Phi) is 1.59. The van der Waals surface area contributed by atoms with Crippen LogP contribution >= 0.6 is 0 Å². The highest BCUT2D eigenvalue weighted by Gasteiger charge is 2.05. The third-order valence-electron chi connectivity index (χ3n) is 2.24. The number of H-pyrrole nitrogens is 1. The lowest BCUT2D eigenvalue weighted by molar-refractivity contribution is 0.111. The average Bonchev–Trinajstić information content (AvgIpc) is 2.42. The zero-order valence-corrected chi connectivity index (χ0v) is 7.29. The molecule has 3 N–H and O–H groups in total. The van der Waals surface area contributed by atoms with E-state index in [4.69, 9.17) is 5.73 Å². The lowest BCUT2D eigenvalue weighted by Crippen LogP contribution is -1.82. The number of carbonyl (C=O) groups is 1. The van der Waals surface area contributed by atoms with E-state index in [-0.39, 0.29) is 0 Å². The molecule has 0 saturated heterocycles. The molecule has 0 aliphatic carbocycles. The maximum absolute atomic E-state index is 10.6. The molecule has 1 aromatic carbocycles. The van der Waals surface area contributed by atoms with Crippen LogP contribution in [0.4, 0.5) is 5.69 Å². The average molecular weight is 174 g/mol. The van der Waals surface area contributed by atoms with Gasteiger partial charge in [-0.1, -0.05) is 6.07 Å². The summed E-state index contributed by atoms with van der Waals surface area (Å²) in [5.41, 5.74) is 8.84. The Hall–Kier alpha value is -1.77. The van der Waals surface area contributed by atoms with E-state index in [1.165, 1.54) is 0 Å². The Morgan fingerprint density at radius 1 is 1.46 bits per heavy atom. The molecule has 0 spiro atoms. The highest BCUT2D eigenvalue weighted by atomic mass is 16.1. The number of nitrogens with two attached hydrogens (primary N) is 1. The second kappa shape index (κ2) is 2.62. The van der Waals surface area contributed by atoms with Gasteiger partial charge in [-0.05, 0) is 24.6 Å². The largest absolute Gasteiger partial charge is 0.399 e. The number of nitrogen functional groups attached to an aromatic ring is 1. The zero-order chi connectivity index (χ0) is 9.42. The predicted octanol–water partition coefficient (Wildman–Crippen LogP) is 1.87. The summed E-state index contributed by atoms with van der Waals surface area (Å²) in [7, 11) is 0. The van der Waals surface area contributed by atoms with Crippen molar-refractivity contribution in [2.45, 2.75) is 6.92 Å². The van der Waals surface area contributed by atoms with Crippen molar-refractivity contribution in [2.24, 2.45) is 0 Å². The summed E-state index contributed by atoms with van der Waals surface area (Å²) in [6.45, 7) is 1.92. The molecule has 2 aromatic rings. The van der Waals surface area contributed by atoms with Gasteiger partial charge in [-0.25, -0.2) is 0 Å². The molecule has 0 unspecified atom stereocenters. The first-order valence-electron chi connectivity index (χ1n) is 4.05. The quantitative estimate of drug-likeness (QED) is 0.512. The van der Waals surface area contributed by atoms with E-state index in [1.54, 1.807) is 0 Å². The van der Waals surface area contributed by atoms with Crippen LogP contribution in [-0.2, 0) is 0 Å². The number of anilines is 1. The summed E-state index contributed by atoms with van der Waals surface area (Å²) >= 11 is 0. The maximum atomic E-state index is 10.6. The summed E-state index contributed by atoms with van der Waals surface area (Å²) in [5.74, 6) is 0. The Morgan fingerprint density at radius 2 is 2.23 bits per heavy atom. The number of aryl methyl sites for hydroxylation is 1. The fourth-order valence-electron chi connectivity index (χ4n) is 1.49. The fraction of sp³-hybridized carbons (Fsp3) is 0.100. The lowest BCUT2D eigenvalue weighted by Gasteiger charge is -1.92. The van der Waals surface area contributed by atoms with Gasteiger partial charge in [0, 0.05) is 16.6 Å². The number of aromatic nitrogens is 1. The van der Waals surface area contributed by atoms with Crippen molar-refractivity contribution < 1.29 is 4.79 Å². The van der Waals surface area contributed by atoms with Crippen LogP contribution in [0.5, 0.6) is 0 Å². The van der Waals surface area contributed by atoms with Gasteiger partial charge in [0.1, 0.15) is 0 Å². The number of rotatable bonds is 1. The number of carbonyl (C=O) groups excluding carboxylic acids is 1. The van der Waals surface area contributed by atoms with Gasteiger partial charge in [0.2, 0.25) is 0 Å². The number of hydrogen-bond donors (Lipinski definition) is 2. The molecule has 0 amide bonds. The van der Waals surface area contributed by atoms with Gasteiger partial charge in [0.15, 0.2) is 6.29 Å². The predicted molar refractivity (Wildman–Crippen MR) is 52.8 cm³/mol. The standard InChI is InChI=1S/C10H10N2O/c1-6-8-3-2-7(11)4-9(8)12-10(6)5-13/h2-5,12H,11H2,1H3. The minimum absolute atomic E-state index is 0.626. The molecular weight excluding hydrogens is 164 g/mol. The van der Waals surface area contributed by atoms with Crippen LogP contribution in [0.15, 0.2) is 18.2 Å². The molecule has 3 heteroatoms. The summed E-state index contributed by atoms with van der Waals surface area (Å²) in [4.78, 5) is 13.6. The molecule has 0 aliphatic rings. The summed E-state index contributed by atoms with van der Waals surface area (Å²) in [6, 6.07) is 5.58. The van der Waals surface area contributed by atoms with E-state index in [0.717, 1.165) is 22.8 Å².